The van der Waals surface area contributed by atoms with Crippen molar-refractivity contribution >= 4 is 55.2 Å². The standard InChI is InChI=1S/C29H22N5.C25H22N5.C23H26N5.C20H20N5.C19H18N5.5Ir/c1-20-32-26-18-10-17-25(28(26)33(20)2)29-30-19-31-34(29)27-23(21-11-5-3-6-12-21)15-9-16-24(27)22-13-7-4-8-14-22;1-16-13-20(19-9-6-5-7-10-19)14-17(2)23(16)30-25(26-15-27-30)21-11-8-12-22-24(21)29(4)18(3)28-22;1-14(2)17-9-7-10-18(15(3)4)21(17)28-23(24-13-25-28)19-11-8-12-20-22(19)27(6)16(5)26-20;1-12-9-13(2)18(14(3)10-12)25-20(21-11-22-25)16-7-6-8-17-19(16)24(5)15(4)23-17;1-12-7-5-8-13(2)17(12)24-19(20-11-21-24)15-9-6-10-16-18(15)23(4)14(3)22-16;;;;;/h3-16,18-19H,1-2H3;5-10,12-15H,1-4H3;7-10,12-15H,1-6H3;6,8-11H,1-5H3;5-8,10-11H,1-4H3;;;;;/q5*-1;;;;;. The van der Waals surface area contributed by atoms with Gasteiger partial charge >= 0.3 is 0 Å². The third kappa shape index (κ3) is 20.7. The van der Waals surface area contributed by atoms with Crippen molar-refractivity contribution in [3.8, 4) is 119 Å². The predicted octanol–water partition coefficient (Wildman–Crippen LogP) is 24.0. The molecule has 0 unspecified atom stereocenters. The summed E-state index contributed by atoms with van der Waals surface area (Å²) in [5.41, 5.74) is 37.2. The van der Waals surface area contributed by atoms with Crippen LogP contribution in [0.2, 0.25) is 0 Å². The SMILES string of the molecule is Cc1cc(-c2ccccc2)cc(C)c1-n1ncnc1-c1[c-]ccc2nc(C)n(C)c12.Cc1cc(C)c(-n2ncnc2-c2[c-]ccc3nc(C)n(C)c23)c(C)c1.Cc1cccc(C)c1-n1ncnc1-c1[c-]ccc2nc(C)n(C)c12.Cc1nc2cc[c-]c(-c3ncnn3-c3c(-c4ccccc4)cccc3-c3ccccc3)c2n1C.Cc1nc2cc[c-]c(-c3ncnn3-c3c(C(C)C)cccc3C(C)C)c2n1C.[Ir].[Ir].[Ir].[Ir].[Ir]. The third-order valence-electron chi connectivity index (χ3n) is 26.4. The van der Waals surface area contributed by atoms with Crippen LogP contribution in [0.3, 0.4) is 0 Å². The largest absolute Gasteiger partial charge is 0.371 e. The maximum Gasteiger partial charge on any atom is 0.127 e. The van der Waals surface area contributed by atoms with Crippen LogP contribution >= 0.6 is 0 Å². The van der Waals surface area contributed by atoms with Crippen LogP contribution in [0.5, 0.6) is 0 Å². The van der Waals surface area contributed by atoms with E-state index in [0.29, 0.717) is 11.8 Å². The van der Waals surface area contributed by atoms with Gasteiger partial charge in [0.25, 0.3) is 0 Å². The van der Waals surface area contributed by atoms with Crippen molar-refractivity contribution in [2.24, 2.45) is 35.2 Å². The predicted molar refractivity (Wildman–Crippen MR) is 561 cm³/mol. The Morgan fingerprint density at radius 1 is 0.233 bits per heavy atom. The molecule has 23 aromatic rings. The van der Waals surface area contributed by atoms with E-state index < -0.39 is 0 Å². The maximum atomic E-state index is 4.73. The maximum absolute atomic E-state index is 4.73. The number of fused-ring (bicyclic) bond motifs is 5. The Bertz CT molecular complexity index is 8470. The van der Waals surface area contributed by atoms with Crippen molar-refractivity contribution in [3.05, 3.63) is 372 Å². The van der Waals surface area contributed by atoms with E-state index in [1.165, 1.54) is 38.9 Å². The summed E-state index contributed by atoms with van der Waals surface area (Å²) in [4.78, 5) is 46.3. The number of hydrogen-bond donors (Lipinski definition) is 0. The molecule has 0 aliphatic carbocycles. The second-order valence-corrected chi connectivity index (χ2v) is 36.3. The van der Waals surface area contributed by atoms with Gasteiger partial charge in [-0.2, -0.15) is 25.5 Å². The molecule has 0 aliphatic heterocycles. The summed E-state index contributed by atoms with van der Waals surface area (Å²) in [6.07, 6.45) is 8.05. The smallest absolute Gasteiger partial charge is 0.127 e. The molecule has 25 nitrogen and oxygen atoms in total. The number of imidazole rings is 5. The number of nitrogens with zero attached hydrogens (tertiary/aromatic N) is 25. The zero-order valence-corrected chi connectivity index (χ0v) is 96.8. The molecule has 23 rings (SSSR count). The van der Waals surface area contributed by atoms with Crippen LogP contribution in [0.25, 0.3) is 174 Å². The molecule has 0 saturated heterocycles. The van der Waals surface area contributed by atoms with Crippen LogP contribution in [0, 0.1) is 113 Å². The van der Waals surface area contributed by atoms with E-state index in [1.807, 2.05) is 172 Å². The van der Waals surface area contributed by atoms with Crippen LogP contribution in [0.15, 0.2) is 262 Å². The van der Waals surface area contributed by atoms with Gasteiger partial charge in [0.15, 0.2) is 0 Å². The molecule has 0 bridgehead atoms. The minimum Gasteiger partial charge on any atom is -0.371 e. The quantitative estimate of drug-likeness (QED) is 0.0867. The van der Waals surface area contributed by atoms with E-state index in [2.05, 4.69) is 341 Å². The van der Waals surface area contributed by atoms with Gasteiger partial charge in [-0.1, -0.05) is 219 Å². The summed E-state index contributed by atoms with van der Waals surface area (Å²) in [6.45, 7) is 33.7. The van der Waals surface area contributed by atoms with E-state index in [0.717, 1.165) is 214 Å². The molecule has 0 saturated carbocycles. The van der Waals surface area contributed by atoms with E-state index in [9.17, 15) is 0 Å². The molecule has 146 heavy (non-hydrogen) atoms. The number of aryl methyl sites for hydroxylation is 17. The number of aromatic nitrogens is 25. The summed E-state index contributed by atoms with van der Waals surface area (Å²) in [5, 5.41) is 23.0. The van der Waals surface area contributed by atoms with Gasteiger partial charge in [-0.25, -0.2) is 0 Å². The van der Waals surface area contributed by atoms with E-state index in [1.54, 1.807) is 31.6 Å². The number of benzene rings is 13. The normalized spacial score (nSPS) is 11.0. The van der Waals surface area contributed by atoms with E-state index in [4.69, 9.17) is 15.1 Å². The second-order valence-electron chi connectivity index (χ2n) is 36.3. The Labute approximate surface area is 917 Å². The second kappa shape index (κ2) is 45.8. The first kappa shape index (κ1) is 108. The molecular weight excluding hydrogens is 2700 g/mol. The van der Waals surface area contributed by atoms with E-state index in [-0.39, 0.29) is 101 Å². The molecule has 30 heteroatoms. The monoisotopic (exact) mass is 2820 g/mol. The summed E-state index contributed by atoms with van der Waals surface area (Å²) in [6, 6.07) is 95.4. The van der Waals surface area contributed by atoms with Gasteiger partial charge in [0.2, 0.25) is 0 Å². The van der Waals surface area contributed by atoms with Crippen molar-refractivity contribution in [1.29, 1.82) is 0 Å². The van der Waals surface area contributed by atoms with E-state index >= 15 is 0 Å². The Balaban J connectivity index is 0.000000144. The fourth-order valence-electron chi connectivity index (χ4n) is 19.3. The van der Waals surface area contributed by atoms with Crippen molar-refractivity contribution in [3.63, 3.8) is 0 Å². The molecule has 0 atom stereocenters. The Hall–Kier alpha value is -13.8. The average Bonchev–Trinajstić information content (AvgIpc) is 1.62. The summed E-state index contributed by atoms with van der Waals surface area (Å²) < 4.78 is 20.1. The Kier molecular flexibility index (Phi) is 33.9. The zero-order chi connectivity index (χ0) is 98.5. The third-order valence-corrected chi connectivity index (χ3v) is 26.4. The van der Waals surface area contributed by atoms with Crippen molar-refractivity contribution in [2.45, 2.75) is 123 Å². The molecule has 13 aromatic carbocycles. The molecule has 0 aliphatic rings. The fourth-order valence-corrected chi connectivity index (χ4v) is 19.3. The summed E-state index contributed by atoms with van der Waals surface area (Å²) >= 11 is 0. The van der Waals surface area contributed by atoms with Gasteiger partial charge < -0.3 is 22.8 Å². The molecule has 5 radical (unpaired) electrons. The summed E-state index contributed by atoms with van der Waals surface area (Å²) in [7, 11) is 10.1. The molecule has 10 aromatic heterocycles. The number of rotatable bonds is 15. The fraction of sp³-hybridized carbons (Fsp3) is 0.198. The summed E-state index contributed by atoms with van der Waals surface area (Å²) in [5.74, 6) is 9.40. The molecule has 0 fully saturated rings. The van der Waals surface area contributed by atoms with Crippen LogP contribution in [0.4, 0.5) is 0 Å². The van der Waals surface area contributed by atoms with Gasteiger partial charge in [0.05, 0.1) is 86.7 Å². The first-order valence-corrected chi connectivity index (χ1v) is 47.1. The first-order valence-electron chi connectivity index (χ1n) is 47.1. The van der Waals surface area contributed by atoms with Crippen molar-refractivity contribution < 1.29 is 101 Å². The average molecular weight is 2810 g/mol. The van der Waals surface area contributed by atoms with Gasteiger partial charge in [0, 0.05) is 174 Å². The van der Waals surface area contributed by atoms with Crippen molar-refractivity contribution in [1.82, 2.24) is 122 Å². The minimum atomic E-state index is 0. The van der Waals surface area contributed by atoms with Gasteiger partial charge in [-0.15, -0.1) is 91.0 Å². The number of para-hydroxylation sites is 3. The van der Waals surface area contributed by atoms with Crippen LogP contribution in [-0.4, -0.2) is 122 Å². The van der Waals surface area contributed by atoms with Gasteiger partial charge in [0.1, 0.15) is 31.6 Å². The minimum absolute atomic E-state index is 0. The van der Waals surface area contributed by atoms with Gasteiger partial charge in [-0.3, -0.25) is 73.2 Å². The molecule has 0 amide bonds. The Morgan fingerprint density at radius 2 is 0.473 bits per heavy atom. The van der Waals surface area contributed by atoms with Crippen LogP contribution in [-0.2, 0) is 136 Å². The van der Waals surface area contributed by atoms with Crippen molar-refractivity contribution in [2.75, 3.05) is 0 Å². The molecule has 10 heterocycles. The first-order chi connectivity index (χ1) is 68.2. The Morgan fingerprint density at radius 3 is 0.753 bits per heavy atom. The molecular formula is C116H108Ir5N25-5. The molecule has 747 valence electrons. The molecule has 0 spiro atoms. The number of hydrogen-bond acceptors (Lipinski definition) is 15. The van der Waals surface area contributed by atoms with Crippen LogP contribution in [0.1, 0.15) is 119 Å². The van der Waals surface area contributed by atoms with Crippen LogP contribution < -0.4 is 0 Å². The molecule has 0 N–H and O–H groups in total. The zero-order valence-electron chi connectivity index (χ0n) is 84.8. The van der Waals surface area contributed by atoms with Gasteiger partial charge in [-0.05, 0) is 201 Å². The topological polar surface area (TPSA) is 243 Å².